The van der Waals surface area contributed by atoms with Gasteiger partial charge < -0.3 is 4.42 Å². The predicted molar refractivity (Wildman–Crippen MR) is 182 cm³/mol. The van der Waals surface area contributed by atoms with Gasteiger partial charge in [-0.15, -0.1) is 0 Å². The minimum Gasteiger partial charge on any atom is -0.456 e. The number of furan rings is 1. The molecular weight excluding hydrogens is 541 g/mol. The van der Waals surface area contributed by atoms with Gasteiger partial charge in [0.05, 0.1) is 0 Å². The van der Waals surface area contributed by atoms with Crippen LogP contribution in [-0.4, -0.2) is 0 Å². The van der Waals surface area contributed by atoms with E-state index in [4.69, 9.17) is 4.42 Å². The van der Waals surface area contributed by atoms with E-state index < -0.39 is 0 Å². The van der Waals surface area contributed by atoms with Crippen LogP contribution in [0.3, 0.4) is 0 Å². The largest absolute Gasteiger partial charge is 0.456 e. The zero-order chi connectivity index (χ0) is 28.1. The number of hydrogen-bond acceptors (Lipinski definition) is 2. The van der Waals surface area contributed by atoms with E-state index in [0.29, 0.717) is 0 Å². The molecule has 200 valence electrons. The van der Waals surface area contributed by atoms with Gasteiger partial charge in [-0.2, -0.15) is 0 Å². The summed E-state index contributed by atoms with van der Waals surface area (Å²) in [5, 5.41) is 12.8. The lowest BCUT2D eigenvalue weighted by Gasteiger charge is -2.33. The second-order valence-corrected chi connectivity index (χ2v) is 12.6. The monoisotopic (exact) mass is 564 g/mol. The van der Waals surface area contributed by atoms with Crippen LogP contribution in [-0.2, 0) is 0 Å². The van der Waals surface area contributed by atoms with Crippen LogP contribution in [0.4, 0.5) is 0 Å². The molecule has 0 saturated carbocycles. The Labute approximate surface area is 252 Å². The molecule has 0 fully saturated rings. The molecule has 0 amide bonds. The third kappa shape index (κ3) is 3.19. The molecule has 9 aromatic rings. The van der Waals surface area contributed by atoms with E-state index in [9.17, 15) is 0 Å². The van der Waals surface area contributed by atoms with Crippen molar-refractivity contribution in [2.24, 2.45) is 0 Å². The quantitative estimate of drug-likeness (QED) is 0.184. The lowest BCUT2D eigenvalue weighted by Crippen LogP contribution is -2.12. The number of para-hydroxylation sites is 1. The summed E-state index contributed by atoms with van der Waals surface area (Å²) in [6.07, 6.45) is 0. The summed E-state index contributed by atoms with van der Waals surface area (Å²) in [6.45, 7) is 0. The van der Waals surface area contributed by atoms with Crippen LogP contribution in [0.15, 0.2) is 154 Å². The van der Waals surface area contributed by atoms with Crippen molar-refractivity contribution in [3.8, 4) is 0 Å². The first-order valence-electron chi connectivity index (χ1n) is 14.8. The molecule has 10 rings (SSSR count). The minimum absolute atomic E-state index is 0.0351. The van der Waals surface area contributed by atoms with Crippen LogP contribution in [0, 0.1) is 0 Å². The summed E-state index contributed by atoms with van der Waals surface area (Å²) < 4.78 is 6.47. The summed E-state index contributed by atoms with van der Waals surface area (Å²) in [6, 6.07) is 51.1. The number of rotatable bonds is 1. The Kier molecular flexibility index (Phi) is 4.77. The van der Waals surface area contributed by atoms with Gasteiger partial charge in [-0.05, 0) is 71.9 Å². The Morgan fingerprint density at radius 3 is 1.35 bits per heavy atom. The SMILES string of the molecule is c1ccc2c(c1)oc1cc(C3c4c(c5ccccc5c5ccccc45)Sc4c3c3ccccc3c3ccccc43)ccc12. The Balaban J connectivity index is 1.41. The van der Waals surface area contributed by atoms with Crippen LogP contribution in [0.2, 0.25) is 0 Å². The van der Waals surface area contributed by atoms with E-state index in [2.05, 4.69) is 133 Å². The molecule has 1 nitrogen and oxygen atoms in total. The molecule has 43 heavy (non-hydrogen) atoms. The fourth-order valence-corrected chi connectivity index (χ4v) is 9.02. The van der Waals surface area contributed by atoms with Crippen molar-refractivity contribution >= 4 is 76.8 Å². The van der Waals surface area contributed by atoms with Gasteiger partial charge in [0, 0.05) is 26.5 Å². The maximum Gasteiger partial charge on any atom is 0.135 e. The number of fused-ring (bicyclic) bond motifs is 15. The molecule has 1 aliphatic rings. The third-order valence-electron chi connectivity index (χ3n) is 9.37. The van der Waals surface area contributed by atoms with Crippen molar-refractivity contribution < 1.29 is 4.42 Å². The number of hydrogen-bond donors (Lipinski definition) is 0. The van der Waals surface area contributed by atoms with Gasteiger partial charge in [-0.25, -0.2) is 0 Å². The summed E-state index contributed by atoms with van der Waals surface area (Å²) in [5.41, 5.74) is 5.92. The van der Waals surface area contributed by atoms with Crippen LogP contribution in [0.5, 0.6) is 0 Å². The molecule has 0 saturated heterocycles. The highest BCUT2D eigenvalue weighted by molar-refractivity contribution is 8.00. The zero-order valence-corrected chi connectivity index (χ0v) is 24.0. The van der Waals surface area contributed by atoms with Crippen LogP contribution >= 0.6 is 11.8 Å². The Hall–Kier alpha value is -5.05. The molecule has 0 bridgehead atoms. The van der Waals surface area contributed by atoms with E-state index in [-0.39, 0.29) is 5.92 Å². The van der Waals surface area contributed by atoms with Crippen molar-refractivity contribution in [1.29, 1.82) is 0 Å². The normalized spacial score (nSPS) is 13.4. The van der Waals surface area contributed by atoms with E-state index >= 15 is 0 Å². The highest BCUT2D eigenvalue weighted by Crippen LogP contribution is 2.57. The molecule has 0 unspecified atom stereocenters. The summed E-state index contributed by atoms with van der Waals surface area (Å²) >= 11 is 1.95. The lowest BCUT2D eigenvalue weighted by atomic mass is 9.78. The number of benzene rings is 8. The van der Waals surface area contributed by atoms with E-state index in [1.807, 2.05) is 17.8 Å². The topological polar surface area (TPSA) is 13.1 Å². The maximum atomic E-state index is 6.47. The molecule has 2 heterocycles. The standard InChI is InChI=1S/C41H24OS/c1-5-16-31-25(11-1)27-13-3-7-18-33(27)40-38(31)37(24-21-22-30-29-15-9-10-20-35(29)42-36(30)23-24)39-32-17-6-2-12-26(32)28-14-4-8-19-34(28)41(39)43-40/h1-23,37H. The Bertz CT molecular complexity index is 2480. The lowest BCUT2D eigenvalue weighted by molar-refractivity contribution is 0.668. The molecule has 0 N–H and O–H groups in total. The van der Waals surface area contributed by atoms with Crippen molar-refractivity contribution in [2.75, 3.05) is 0 Å². The average molecular weight is 565 g/mol. The van der Waals surface area contributed by atoms with E-state index in [1.165, 1.54) is 69.6 Å². The molecule has 1 aliphatic heterocycles. The van der Waals surface area contributed by atoms with Crippen molar-refractivity contribution in [3.63, 3.8) is 0 Å². The first-order valence-corrected chi connectivity index (χ1v) is 15.6. The van der Waals surface area contributed by atoms with Gasteiger partial charge in [-0.3, -0.25) is 0 Å². The van der Waals surface area contributed by atoms with Crippen LogP contribution in [0.25, 0.3) is 65.0 Å². The Morgan fingerprint density at radius 2 is 0.791 bits per heavy atom. The van der Waals surface area contributed by atoms with Crippen molar-refractivity contribution in [1.82, 2.24) is 0 Å². The summed E-state index contributed by atoms with van der Waals surface area (Å²) in [7, 11) is 0. The van der Waals surface area contributed by atoms with Crippen LogP contribution < -0.4 is 0 Å². The Morgan fingerprint density at radius 1 is 0.372 bits per heavy atom. The van der Waals surface area contributed by atoms with E-state index in [1.54, 1.807) is 0 Å². The molecule has 0 spiro atoms. The van der Waals surface area contributed by atoms with Gasteiger partial charge in [0.1, 0.15) is 11.2 Å². The fourth-order valence-electron chi connectivity index (χ4n) is 7.57. The molecular formula is C41H24OS. The van der Waals surface area contributed by atoms with Gasteiger partial charge in [0.15, 0.2) is 0 Å². The van der Waals surface area contributed by atoms with Gasteiger partial charge in [0.25, 0.3) is 0 Å². The smallest absolute Gasteiger partial charge is 0.135 e. The molecule has 0 atom stereocenters. The molecule has 2 heteroatoms. The summed E-state index contributed by atoms with van der Waals surface area (Å²) in [5.74, 6) is 0.0351. The maximum absolute atomic E-state index is 6.47. The van der Waals surface area contributed by atoms with E-state index in [0.717, 1.165) is 21.9 Å². The predicted octanol–water partition coefficient (Wildman–Crippen LogP) is 11.8. The minimum atomic E-state index is 0.0351. The highest BCUT2D eigenvalue weighted by Gasteiger charge is 2.34. The molecule has 8 aromatic carbocycles. The third-order valence-corrected chi connectivity index (χ3v) is 10.7. The van der Waals surface area contributed by atoms with Gasteiger partial charge in [-0.1, -0.05) is 139 Å². The highest BCUT2D eigenvalue weighted by atomic mass is 32.2. The van der Waals surface area contributed by atoms with Crippen LogP contribution in [0.1, 0.15) is 22.6 Å². The first-order chi connectivity index (χ1) is 21.3. The van der Waals surface area contributed by atoms with Gasteiger partial charge >= 0.3 is 0 Å². The molecule has 0 radical (unpaired) electrons. The first kappa shape index (κ1) is 23.5. The molecule has 1 aromatic heterocycles. The summed E-state index contributed by atoms with van der Waals surface area (Å²) in [4.78, 5) is 2.72. The zero-order valence-electron chi connectivity index (χ0n) is 23.2. The molecule has 0 aliphatic carbocycles. The van der Waals surface area contributed by atoms with Crippen molar-refractivity contribution in [3.05, 3.63) is 156 Å². The van der Waals surface area contributed by atoms with Crippen molar-refractivity contribution in [2.45, 2.75) is 15.7 Å². The second kappa shape index (κ2) is 8.73. The second-order valence-electron chi connectivity index (χ2n) is 11.6. The average Bonchev–Trinajstić information content (AvgIpc) is 3.45. The fraction of sp³-hybridized carbons (Fsp3) is 0.0244. The van der Waals surface area contributed by atoms with Gasteiger partial charge in [0.2, 0.25) is 0 Å².